The molecule has 1 amide bonds. The molecule has 42 heavy (non-hydrogen) atoms. The minimum Gasteiger partial charge on any atom is -0.475 e. The summed E-state index contributed by atoms with van der Waals surface area (Å²) < 4.78 is 46.3. The molecule has 1 spiro atoms. The number of rotatable bonds is 4. The van der Waals surface area contributed by atoms with Gasteiger partial charge >= 0.3 is 12.1 Å². The van der Waals surface area contributed by atoms with Gasteiger partial charge in [0.25, 0.3) is 0 Å². The summed E-state index contributed by atoms with van der Waals surface area (Å²) in [6, 6.07) is 16.9. The van der Waals surface area contributed by atoms with Gasteiger partial charge in [-0.05, 0) is 65.6 Å². The topological polar surface area (TPSA) is 117 Å². The monoisotopic (exact) mass is 624 g/mol. The van der Waals surface area contributed by atoms with Crippen LogP contribution in [-0.4, -0.2) is 42.1 Å². The molecule has 3 aromatic rings. The lowest BCUT2D eigenvalue weighted by Gasteiger charge is -2.45. The van der Waals surface area contributed by atoms with Crippen molar-refractivity contribution in [3.05, 3.63) is 98.8 Å². The van der Waals surface area contributed by atoms with Crippen LogP contribution in [0, 0.1) is 12.7 Å². The third-order valence-electron chi connectivity index (χ3n) is 7.22. The molecular formula is C29H26Cl2F4N4O3. The maximum atomic E-state index is 14.6. The second-order valence-corrected chi connectivity index (χ2v) is 10.7. The van der Waals surface area contributed by atoms with Crippen molar-refractivity contribution >= 4 is 46.6 Å². The Morgan fingerprint density at radius 2 is 1.83 bits per heavy atom. The third kappa shape index (κ3) is 6.08. The average Bonchev–Trinajstić information content (AvgIpc) is 3.20. The molecule has 2 aliphatic rings. The van der Waals surface area contributed by atoms with E-state index in [1.165, 1.54) is 12.1 Å². The fourth-order valence-corrected chi connectivity index (χ4v) is 5.83. The van der Waals surface area contributed by atoms with Gasteiger partial charge in [-0.15, -0.1) is 0 Å². The molecule has 0 saturated carbocycles. The van der Waals surface area contributed by atoms with E-state index in [4.69, 9.17) is 43.8 Å². The summed E-state index contributed by atoms with van der Waals surface area (Å²) in [5, 5.41) is 14.6. The zero-order chi connectivity index (χ0) is 30.8. The highest BCUT2D eigenvalue weighted by Gasteiger charge is 2.60. The number of amides is 1. The van der Waals surface area contributed by atoms with Crippen molar-refractivity contribution < 1.29 is 32.3 Å². The van der Waals surface area contributed by atoms with Gasteiger partial charge in [0.1, 0.15) is 11.2 Å². The Morgan fingerprint density at radius 3 is 2.48 bits per heavy atom. The van der Waals surface area contributed by atoms with Crippen LogP contribution in [0.5, 0.6) is 0 Å². The lowest BCUT2D eigenvalue weighted by atomic mass is 9.59. The molecule has 5 rings (SSSR count). The van der Waals surface area contributed by atoms with Gasteiger partial charge in [-0.3, -0.25) is 9.79 Å². The normalized spacial score (nSPS) is 21.1. The third-order valence-corrected chi connectivity index (χ3v) is 7.69. The molecule has 0 fully saturated rings. The van der Waals surface area contributed by atoms with E-state index in [-0.39, 0.29) is 17.6 Å². The number of fused-ring (bicyclic) bond motifs is 2. The van der Waals surface area contributed by atoms with E-state index < -0.39 is 23.6 Å². The van der Waals surface area contributed by atoms with Gasteiger partial charge in [-0.25, -0.2) is 9.18 Å². The molecule has 0 saturated heterocycles. The SMILES string of the molecule is Cc1ccc(F)cc1[C@@H]1N=C(NCCN)C[C@H](c2cccc(Cl)c2)[C@@]12C(=O)Nc1cc(Cl)ccc12.O=C(O)C(F)(F)F. The summed E-state index contributed by atoms with van der Waals surface area (Å²) in [7, 11) is 0. The van der Waals surface area contributed by atoms with Gasteiger partial charge in [-0.2, -0.15) is 13.2 Å². The summed E-state index contributed by atoms with van der Waals surface area (Å²) in [5.74, 6) is -2.96. The fraction of sp³-hybridized carbons (Fsp3) is 0.276. The number of aryl methyl sites for hydroxylation is 1. The number of aliphatic carboxylic acids is 1. The molecule has 0 radical (unpaired) electrons. The maximum absolute atomic E-state index is 14.6. The highest BCUT2D eigenvalue weighted by atomic mass is 35.5. The molecule has 0 aromatic heterocycles. The van der Waals surface area contributed by atoms with E-state index in [0.717, 1.165) is 22.5 Å². The number of hydrogen-bond donors (Lipinski definition) is 4. The van der Waals surface area contributed by atoms with Crippen molar-refractivity contribution in [2.24, 2.45) is 10.7 Å². The number of nitrogens with one attached hydrogen (secondary N) is 2. The van der Waals surface area contributed by atoms with Crippen LogP contribution in [-0.2, 0) is 15.0 Å². The number of alkyl halides is 3. The minimum atomic E-state index is -5.08. The predicted octanol–water partition coefficient (Wildman–Crippen LogP) is 6.14. The Balaban J connectivity index is 0.000000517. The lowest BCUT2D eigenvalue weighted by molar-refractivity contribution is -0.192. The van der Waals surface area contributed by atoms with Crippen molar-refractivity contribution in [1.29, 1.82) is 0 Å². The second-order valence-electron chi connectivity index (χ2n) is 9.82. The molecule has 0 bridgehead atoms. The number of carboxylic acids is 1. The summed E-state index contributed by atoms with van der Waals surface area (Å²) in [4.78, 5) is 28.0. The number of carboxylic acid groups (broad SMARTS) is 1. The van der Waals surface area contributed by atoms with Gasteiger partial charge < -0.3 is 21.5 Å². The van der Waals surface area contributed by atoms with E-state index in [0.29, 0.717) is 40.8 Å². The van der Waals surface area contributed by atoms with Crippen molar-refractivity contribution in [2.75, 3.05) is 18.4 Å². The van der Waals surface area contributed by atoms with Crippen molar-refractivity contribution in [3.63, 3.8) is 0 Å². The van der Waals surface area contributed by atoms with Crippen molar-refractivity contribution in [3.8, 4) is 0 Å². The first-order valence-electron chi connectivity index (χ1n) is 12.7. The number of nitrogens with two attached hydrogens (primary N) is 1. The van der Waals surface area contributed by atoms with Crippen LogP contribution in [0.1, 0.15) is 40.6 Å². The number of anilines is 1. The number of halogens is 6. The molecular weight excluding hydrogens is 599 g/mol. The van der Waals surface area contributed by atoms with E-state index in [1.807, 2.05) is 31.2 Å². The molecule has 7 nitrogen and oxygen atoms in total. The molecule has 3 atom stereocenters. The Kier molecular flexibility index (Phi) is 9.15. The molecule has 0 aliphatic carbocycles. The van der Waals surface area contributed by atoms with E-state index in [2.05, 4.69) is 10.6 Å². The van der Waals surface area contributed by atoms with Crippen LogP contribution in [0.2, 0.25) is 10.0 Å². The van der Waals surface area contributed by atoms with Crippen LogP contribution in [0.3, 0.4) is 0 Å². The molecule has 13 heteroatoms. The maximum Gasteiger partial charge on any atom is 0.490 e. The van der Waals surface area contributed by atoms with E-state index in [9.17, 15) is 22.4 Å². The summed E-state index contributed by atoms with van der Waals surface area (Å²) in [6.45, 7) is 2.86. The molecule has 0 unspecified atom stereocenters. The number of aliphatic imine (C=N–C) groups is 1. The lowest BCUT2D eigenvalue weighted by Crippen LogP contribution is -2.50. The Hall–Kier alpha value is -3.67. The summed E-state index contributed by atoms with van der Waals surface area (Å²) in [6.07, 6.45) is -4.62. The van der Waals surface area contributed by atoms with Gasteiger partial charge in [-0.1, -0.05) is 47.5 Å². The van der Waals surface area contributed by atoms with Gasteiger partial charge in [0.15, 0.2) is 0 Å². The van der Waals surface area contributed by atoms with Crippen LogP contribution >= 0.6 is 23.2 Å². The van der Waals surface area contributed by atoms with Crippen LogP contribution in [0.25, 0.3) is 0 Å². The number of amidine groups is 1. The molecule has 2 aliphatic heterocycles. The number of carbonyl (C=O) groups excluding carboxylic acids is 1. The van der Waals surface area contributed by atoms with Crippen LogP contribution < -0.4 is 16.4 Å². The van der Waals surface area contributed by atoms with E-state index in [1.54, 1.807) is 24.3 Å². The first-order valence-corrected chi connectivity index (χ1v) is 13.5. The smallest absolute Gasteiger partial charge is 0.475 e. The second kappa shape index (κ2) is 12.3. The highest BCUT2D eigenvalue weighted by Crippen LogP contribution is 2.59. The summed E-state index contributed by atoms with van der Waals surface area (Å²) >= 11 is 12.7. The predicted molar refractivity (Wildman–Crippen MR) is 153 cm³/mol. The molecule has 5 N–H and O–H groups in total. The molecule has 2 heterocycles. The Labute approximate surface area is 248 Å². The van der Waals surface area contributed by atoms with Gasteiger partial charge in [0.2, 0.25) is 5.91 Å². The number of carbonyl (C=O) groups is 2. The van der Waals surface area contributed by atoms with Gasteiger partial charge in [0, 0.05) is 41.2 Å². The quantitative estimate of drug-likeness (QED) is 0.260. The van der Waals surface area contributed by atoms with Gasteiger partial charge in [0.05, 0.1) is 11.9 Å². The van der Waals surface area contributed by atoms with Crippen LogP contribution in [0.4, 0.5) is 23.2 Å². The fourth-order valence-electron chi connectivity index (χ4n) is 5.46. The first-order chi connectivity index (χ1) is 19.8. The zero-order valence-corrected chi connectivity index (χ0v) is 23.6. The zero-order valence-electron chi connectivity index (χ0n) is 22.1. The first kappa shape index (κ1) is 31.3. The Bertz CT molecular complexity index is 1550. The molecule has 222 valence electrons. The minimum absolute atomic E-state index is 0.199. The number of nitrogens with zero attached hydrogens (tertiary/aromatic N) is 1. The number of benzene rings is 3. The Morgan fingerprint density at radius 1 is 1.14 bits per heavy atom. The van der Waals surface area contributed by atoms with Crippen molar-refractivity contribution in [2.45, 2.75) is 36.9 Å². The number of hydrogen-bond acceptors (Lipinski definition) is 5. The van der Waals surface area contributed by atoms with Crippen molar-refractivity contribution in [1.82, 2.24) is 5.32 Å². The van der Waals surface area contributed by atoms with Crippen LogP contribution in [0.15, 0.2) is 65.7 Å². The largest absolute Gasteiger partial charge is 0.490 e. The standard InChI is InChI=1S/C27H25Cl2FN4O.C2HF3O2/c1-15-5-7-19(30)13-20(15)25-27(21-8-6-18(29)12-23(21)33-26(27)35)22(14-24(34-25)32-10-9-31)16-3-2-4-17(28)11-16;3-2(4,5)1(6)7/h2-8,11-13,22,25H,9-10,14,31H2,1H3,(H,32,34)(H,33,35);(H,6,7)/t22-,25+,27-;/m1./s1. The summed E-state index contributed by atoms with van der Waals surface area (Å²) in [5.41, 5.74) is 8.44. The average molecular weight is 625 g/mol. The van der Waals surface area contributed by atoms with E-state index >= 15 is 0 Å². The highest BCUT2D eigenvalue weighted by molar-refractivity contribution is 6.31. The molecule has 3 aromatic carbocycles.